The third-order valence-corrected chi connectivity index (χ3v) is 3.51. The molecule has 0 saturated carbocycles. The van der Waals surface area contributed by atoms with Gasteiger partial charge in [-0.25, -0.2) is 0 Å². The Morgan fingerprint density at radius 2 is 2.10 bits per heavy atom. The summed E-state index contributed by atoms with van der Waals surface area (Å²) in [6.07, 6.45) is 0.759. The number of amides is 2. The van der Waals surface area contributed by atoms with Crippen LogP contribution in [0.3, 0.4) is 0 Å². The fourth-order valence-electron chi connectivity index (χ4n) is 2.30. The van der Waals surface area contributed by atoms with Crippen molar-refractivity contribution < 1.29 is 19.1 Å². The maximum absolute atomic E-state index is 12.1. The van der Waals surface area contributed by atoms with E-state index in [-0.39, 0.29) is 18.2 Å². The molecule has 1 N–H and O–H groups in total. The molecule has 0 radical (unpaired) electrons. The van der Waals surface area contributed by atoms with E-state index in [0.29, 0.717) is 22.5 Å². The van der Waals surface area contributed by atoms with Crippen molar-refractivity contribution >= 4 is 11.8 Å². The molecule has 20 heavy (non-hydrogen) atoms. The smallest absolute Gasteiger partial charge is 0.260 e. The number of aliphatic hydroxyl groups is 1. The molecule has 5 heteroatoms. The summed E-state index contributed by atoms with van der Waals surface area (Å²) in [5, 5.41) is 10.2. The van der Waals surface area contributed by atoms with E-state index >= 15 is 0 Å². The molecule has 1 aliphatic heterocycles. The van der Waals surface area contributed by atoms with Gasteiger partial charge in [-0.3, -0.25) is 14.5 Å². The number of benzene rings is 1. The highest BCUT2D eigenvalue weighted by atomic mass is 16.4. The van der Waals surface area contributed by atoms with Crippen LogP contribution in [0.15, 0.2) is 41.0 Å². The second kappa shape index (κ2) is 4.61. The lowest BCUT2D eigenvalue weighted by Crippen LogP contribution is -2.39. The van der Waals surface area contributed by atoms with Crippen molar-refractivity contribution in [2.24, 2.45) is 0 Å². The maximum atomic E-state index is 12.1. The number of imide groups is 1. The van der Waals surface area contributed by atoms with E-state index in [0.717, 1.165) is 4.90 Å². The highest BCUT2D eigenvalue weighted by Crippen LogP contribution is 2.27. The van der Waals surface area contributed by atoms with Gasteiger partial charge in [-0.2, -0.15) is 0 Å². The Labute approximate surface area is 115 Å². The summed E-state index contributed by atoms with van der Waals surface area (Å²) in [7, 11) is 1.46. The molecule has 5 nitrogen and oxygen atoms in total. The molecule has 0 bridgehead atoms. The van der Waals surface area contributed by atoms with Gasteiger partial charge in [0, 0.05) is 12.6 Å². The van der Waals surface area contributed by atoms with Gasteiger partial charge in [-0.1, -0.05) is 12.1 Å². The molecule has 2 heterocycles. The predicted molar refractivity (Wildman–Crippen MR) is 70.0 cm³/mol. The maximum Gasteiger partial charge on any atom is 0.260 e. The normalized spacial score (nSPS) is 16.2. The second-order valence-electron chi connectivity index (χ2n) is 4.77. The summed E-state index contributed by atoms with van der Waals surface area (Å²) >= 11 is 0. The summed E-state index contributed by atoms with van der Waals surface area (Å²) in [5.74, 6) is -0.149. The second-order valence-corrected chi connectivity index (χ2v) is 4.77. The molecular weight excluding hydrogens is 258 g/mol. The average Bonchev–Trinajstić information content (AvgIpc) is 2.98. The Hall–Kier alpha value is -2.40. The van der Waals surface area contributed by atoms with Crippen molar-refractivity contribution in [2.45, 2.75) is 12.5 Å². The molecule has 1 atom stereocenters. The number of fused-ring (bicyclic) bond motifs is 1. The Morgan fingerprint density at radius 3 is 2.80 bits per heavy atom. The summed E-state index contributed by atoms with van der Waals surface area (Å²) in [6, 6.07) is 8.39. The van der Waals surface area contributed by atoms with E-state index in [1.165, 1.54) is 13.3 Å². The zero-order chi connectivity index (χ0) is 14.3. The van der Waals surface area contributed by atoms with E-state index in [4.69, 9.17) is 4.42 Å². The number of carbonyl (C=O) groups is 2. The minimum Gasteiger partial charge on any atom is -0.466 e. The van der Waals surface area contributed by atoms with Crippen LogP contribution in [-0.2, 0) is 11.2 Å². The zero-order valence-electron chi connectivity index (χ0n) is 10.9. The molecule has 0 saturated heterocycles. The van der Waals surface area contributed by atoms with Gasteiger partial charge < -0.3 is 9.52 Å². The summed E-state index contributed by atoms with van der Waals surface area (Å²) in [4.78, 5) is 24.8. The molecule has 102 valence electrons. The van der Waals surface area contributed by atoms with E-state index in [1.54, 1.807) is 30.3 Å². The lowest BCUT2D eigenvalue weighted by atomic mass is 9.94. The highest BCUT2D eigenvalue weighted by molar-refractivity contribution is 6.09. The van der Waals surface area contributed by atoms with Crippen molar-refractivity contribution in [3.05, 3.63) is 59.0 Å². The van der Waals surface area contributed by atoms with E-state index in [1.807, 2.05) is 0 Å². The third kappa shape index (κ3) is 1.92. The zero-order valence-corrected chi connectivity index (χ0v) is 10.9. The number of hydrogen-bond donors (Lipinski definition) is 1. The van der Waals surface area contributed by atoms with Crippen LogP contribution in [0.4, 0.5) is 0 Å². The van der Waals surface area contributed by atoms with Gasteiger partial charge in [0.2, 0.25) is 5.91 Å². The molecule has 1 aliphatic rings. The monoisotopic (exact) mass is 271 g/mol. The number of likely N-dealkylation sites (N-methyl/N-ethyl adjacent to an activating group) is 1. The molecule has 1 aromatic heterocycles. The van der Waals surface area contributed by atoms with Gasteiger partial charge in [0.05, 0.1) is 12.7 Å². The number of aliphatic hydroxyl groups excluding tert-OH is 1. The van der Waals surface area contributed by atoms with Crippen molar-refractivity contribution in [3.8, 4) is 0 Å². The van der Waals surface area contributed by atoms with Gasteiger partial charge in [0.25, 0.3) is 5.91 Å². The number of nitrogens with zero attached hydrogens (tertiary/aromatic N) is 1. The molecular formula is C15H13NO4. The first kappa shape index (κ1) is 12.6. The van der Waals surface area contributed by atoms with Crippen LogP contribution >= 0.6 is 0 Å². The number of carbonyl (C=O) groups excluding carboxylic acids is 2. The fraction of sp³-hybridized carbons (Fsp3) is 0.200. The number of hydrogen-bond acceptors (Lipinski definition) is 4. The molecule has 0 fully saturated rings. The Kier molecular flexibility index (Phi) is 2.91. The highest BCUT2D eigenvalue weighted by Gasteiger charge is 2.29. The fourth-order valence-corrected chi connectivity index (χ4v) is 2.30. The van der Waals surface area contributed by atoms with Crippen LogP contribution in [0.1, 0.15) is 33.3 Å². The molecule has 1 aromatic carbocycles. The minimum atomic E-state index is -0.925. The van der Waals surface area contributed by atoms with E-state index in [2.05, 4.69) is 0 Å². The minimum absolute atomic E-state index is 0.203. The van der Waals surface area contributed by atoms with Crippen molar-refractivity contribution in [3.63, 3.8) is 0 Å². The summed E-state index contributed by atoms with van der Waals surface area (Å²) in [6.45, 7) is 0. The summed E-state index contributed by atoms with van der Waals surface area (Å²) < 4.78 is 5.16. The van der Waals surface area contributed by atoms with Crippen molar-refractivity contribution in [1.82, 2.24) is 4.90 Å². The van der Waals surface area contributed by atoms with Gasteiger partial charge in [0.15, 0.2) is 0 Å². The SMILES string of the molecule is CN1C(=O)Cc2ccc(C(O)c3ccco3)cc2C1=O. The Morgan fingerprint density at radius 1 is 1.30 bits per heavy atom. The summed E-state index contributed by atoms with van der Waals surface area (Å²) in [5.41, 5.74) is 1.71. The third-order valence-electron chi connectivity index (χ3n) is 3.51. The van der Waals surface area contributed by atoms with Crippen LogP contribution in [0.25, 0.3) is 0 Å². The van der Waals surface area contributed by atoms with Gasteiger partial charge in [0.1, 0.15) is 11.9 Å². The molecule has 0 aliphatic carbocycles. The Balaban J connectivity index is 2.01. The Bertz CT molecular complexity index is 675. The first-order valence-corrected chi connectivity index (χ1v) is 6.23. The van der Waals surface area contributed by atoms with E-state index in [9.17, 15) is 14.7 Å². The number of furan rings is 1. The molecule has 0 spiro atoms. The lowest BCUT2D eigenvalue weighted by Gasteiger charge is -2.24. The van der Waals surface area contributed by atoms with Crippen LogP contribution < -0.4 is 0 Å². The van der Waals surface area contributed by atoms with Crippen LogP contribution in [0, 0.1) is 0 Å². The molecule has 2 amide bonds. The molecule has 3 rings (SSSR count). The van der Waals surface area contributed by atoms with Crippen molar-refractivity contribution in [2.75, 3.05) is 7.05 Å². The van der Waals surface area contributed by atoms with Gasteiger partial charge in [-0.15, -0.1) is 0 Å². The quantitative estimate of drug-likeness (QED) is 0.841. The van der Waals surface area contributed by atoms with Gasteiger partial charge >= 0.3 is 0 Å². The average molecular weight is 271 g/mol. The van der Waals surface area contributed by atoms with Crippen LogP contribution in [-0.4, -0.2) is 28.9 Å². The molecule has 1 unspecified atom stereocenters. The predicted octanol–water partition coefficient (Wildman–Crippen LogP) is 1.52. The standard InChI is InChI=1S/C15H13NO4/c1-16-13(17)8-9-4-5-10(7-11(9)15(16)19)14(18)12-3-2-6-20-12/h2-7,14,18H,8H2,1H3. The first-order chi connectivity index (χ1) is 9.58. The lowest BCUT2D eigenvalue weighted by molar-refractivity contribution is -0.127. The van der Waals surface area contributed by atoms with Crippen molar-refractivity contribution in [1.29, 1.82) is 0 Å². The first-order valence-electron chi connectivity index (χ1n) is 6.23. The van der Waals surface area contributed by atoms with Gasteiger partial charge in [-0.05, 0) is 29.3 Å². The van der Waals surface area contributed by atoms with E-state index < -0.39 is 6.10 Å². The van der Waals surface area contributed by atoms with Crippen LogP contribution in [0.5, 0.6) is 0 Å². The molecule has 2 aromatic rings. The van der Waals surface area contributed by atoms with Crippen LogP contribution in [0.2, 0.25) is 0 Å². The largest absolute Gasteiger partial charge is 0.466 e. The number of rotatable bonds is 2. The topological polar surface area (TPSA) is 70.8 Å².